The van der Waals surface area contributed by atoms with Crippen molar-refractivity contribution in [2.24, 2.45) is 0 Å². The van der Waals surface area contributed by atoms with Crippen molar-refractivity contribution in [2.75, 3.05) is 19.0 Å². The highest BCUT2D eigenvalue weighted by atomic mass is 35.5. The van der Waals surface area contributed by atoms with Gasteiger partial charge in [-0.3, -0.25) is 4.79 Å². The maximum atomic E-state index is 11.7. The lowest BCUT2D eigenvalue weighted by atomic mass is 10.1. The van der Waals surface area contributed by atoms with E-state index in [-0.39, 0.29) is 12.5 Å². The quantitative estimate of drug-likeness (QED) is 0.273. The van der Waals surface area contributed by atoms with E-state index in [0.29, 0.717) is 41.1 Å². The summed E-state index contributed by atoms with van der Waals surface area (Å²) < 4.78 is 12.7. The summed E-state index contributed by atoms with van der Waals surface area (Å²) in [5.41, 5.74) is 3.40. The van der Waals surface area contributed by atoms with E-state index in [4.69, 9.17) is 21.1 Å². The summed E-state index contributed by atoms with van der Waals surface area (Å²) in [5.74, 6) is 0.725. The number of aromatic nitrogens is 7. The third-order valence-electron chi connectivity index (χ3n) is 5.27. The van der Waals surface area contributed by atoms with Crippen LogP contribution in [-0.2, 0) is 22.6 Å². The van der Waals surface area contributed by atoms with Crippen LogP contribution >= 0.6 is 22.9 Å². The molecule has 0 radical (unpaired) electrons. The molecule has 2 aromatic carbocycles. The predicted molar refractivity (Wildman–Crippen MR) is 139 cm³/mol. The molecule has 5 rings (SSSR count). The highest BCUT2D eigenvalue weighted by Crippen LogP contribution is 2.31. The zero-order valence-corrected chi connectivity index (χ0v) is 21.5. The summed E-state index contributed by atoms with van der Waals surface area (Å²) in [6, 6.07) is 11.2. The number of hydrogen-bond donors (Lipinski definition) is 1. The van der Waals surface area contributed by atoms with E-state index < -0.39 is 0 Å². The first-order valence-corrected chi connectivity index (χ1v) is 12.4. The van der Waals surface area contributed by atoms with Gasteiger partial charge < -0.3 is 14.8 Å². The van der Waals surface area contributed by atoms with Crippen molar-refractivity contribution in [3.8, 4) is 28.3 Å². The first-order valence-electron chi connectivity index (χ1n) is 11.3. The molecule has 0 saturated carbocycles. The Morgan fingerprint density at radius 3 is 2.86 bits per heavy atom. The number of rotatable bonds is 9. The van der Waals surface area contributed by atoms with Crippen LogP contribution in [-0.4, -0.2) is 54.8 Å². The number of methoxy groups -OCH3 is 1. The van der Waals surface area contributed by atoms with Gasteiger partial charge in [0.25, 0.3) is 0 Å². The Labute approximate surface area is 220 Å². The number of carbonyl (C=O) groups is 1. The van der Waals surface area contributed by atoms with Gasteiger partial charge in [-0.05, 0) is 31.2 Å². The second-order valence-corrected chi connectivity index (χ2v) is 9.28. The Balaban J connectivity index is 1.33. The van der Waals surface area contributed by atoms with E-state index in [9.17, 15) is 4.79 Å². The molecule has 5 aromatic rings. The molecule has 11 nitrogen and oxygen atoms in total. The molecule has 0 aliphatic heterocycles. The van der Waals surface area contributed by atoms with Gasteiger partial charge in [0.1, 0.15) is 23.0 Å². The smallest absolute Gasteiger partial charge is 0.327 e. The third-order valence-corrected chi connectivity index (χ3v) is 6.63. The minimum absolute atomic E-state index is 0.0195. The molecular formula is C24H21ClN8O3S. The van der Waals surface area contributed by atoms with Crippen LogP contribution < -0.4 is 10.1 Å². The Bertz CT molecular complexity index is 1570. The maximum Gasteiger partial charge on any atom is 0.327 e. The first kappa shape index (κ1) is 24.5. The molecule has 3 aromatic heterocycles. The van der Waals surface area contributed by atoms with Crippen LogP contribution in [0.3, 0.4) is 0 Å². The summed E-state index contributed by atoms with van der Waals surface area (Å²) in [6.45, 7) is 2.47. The molecule has 13 heteroatoms. The number of ether oxygens (including phenoxy) is 2. The summed E-state index contributed by atoms with van der Waals surface area (Å²) >= 11 is 8.07. The molecule has 0 bridgehead atoms. The van der Waals surface area contributed by atoms with Crippen LogP contribution in [0.4, 0.5) is 5.95 Å². The number of anilines is 1. The summed E-state index contributed by atoms with van der Waals surface area (Å²) in [7, 11) is 1.63. The standard InChI is InChI=1S/C24H21ClN8O3S/c1-3-36-23(34)13-33-12-20(30-32-33)14-4-6-17(25)16(8-14)19-10-27-31-24(29-19)26-11-22-28-18-9-15(35-2)5-7-21(18)37-22/h4-10,12H,3,11,13H2,1-2H3,(H,26,29,31). The summed E-state index contributed by atoms with van der Waals surface area (Å²) in [4.78, 5) is 21.0. The van der Waals surface area contributed by atoms with Crippen molar-refractivity contribution < 1.29 is 14.3 Å². The topological polar surface area (TPSA) is 130 Å². The fraction of sp³-hybridized carbons (Fsp3) is 0.208. The molecule has 3 heterocycles. The molecular weight excluding hydrogens is 516 g/mol. The number of carbonyl (C=O) groups excluding carboxylic acids is 1. The normalized spacial score (nSPS) is 11.0. The van der Waals surface area contributed by atoms with Crippen LogP contribution in [0.1, 0.15) is 11.9 Å². The highest BCUT2D eigenvalue weighted by molar-refractivity contribution is 7.18. The fourth-order valence-corrected chi connectivity index (χ4v) is 4.65. The van der Waals surface area contributed by atoms with Gasteiger partial charge in [0.2, 0.25) is 5.95 Å². The average Bonchev–Trinajstić information content (AvgIpc) is 3.54. The number of benzene rings is 2. The molecule has 0 unspecified atom stereocenters. The zero-order chi connectivity index (χ0) is 25.8. The van der Waals surface area contributed by atoms with Gasteiger partial charge in [-0.15, -0.1) is 21.5 Å². The summed E-state index contributed by atoms with van der Waals surface area (Å²) in [6.07, 6.45) is 3.21. The van der Waals surface area contributed by atoms with Crippen LogP contribution in [0.2, 0.25) is 5.02 Å². The minimum atomic E-state index is -0.381. The third kappa shape index (κ3) is 5.65. The molecule has 0 amide bonds. The Kier molecular flexibility index (Phi) is 7.19. The second-order valence-electron chi connectivity index (χ2n) is 7.76. The lowest BCUT2D eigenvalue weighted by molar-refractivity contribution is -0.144. The first-order chi connectivity index (χ1) is 18.0. The van der Waals surface area contributed by atoms with E-state index >= 15 is 0 Å². The zero-order valence-electron chi connectivity index (χ0n) is 19.9. The number of nitrogens with zero attached hydrogens (tertiary/aromatic N) is 7. The van der Waals surface area contributed by atoms with E-state index in [1.807, 2.05) is 30.3 Å². The van der Waals surface area contributed by atoms with Crippen molar-refractivity contribution in [3.05, 3.63) is 58.8 Å². The van der Waals surface area contributed by atoms with Gasteiger partial charge in [0.15, 0.2) is 0 Å². The molecule has 0 saturated heterocycles. The lowest BCUT2D eigenvalue weighted by Crippen LogP contribution is -2.13. The van der Waals surface area contributed by atoms with Gasteiger partial charge in [-0.2, -0.15) is 5.10 Å². The predicted octanol–water partition coefficient (Wildman–Crippen LogP) is 4.24. The van der Waals surface area contributed by atoms with E-state index in [0.717, 1.165) is 26.5 Å². The van der Waals surface area contributed by atoms with Gasteiger partial charge in [0.05, 0.1) is 53.6 Å². The minimum Gasteiger partial charge on any atom is -0.497 e. The van der Waals surface area contributed by atoms with E-state index in [2.05, 4.69) is 35.8 Å². The van der Waals surface area contributed by atoms with E-state index in [1.54, 1.807) is 37.6 Å². The molecule has 0 atom stereocenters. The Morgan fingerprint density at radius 2 is 2.03 bits per heavy atom. The maximum absolute atomic E-state index is 11.7. The number of thiazole rings is 1. The number of fused-ring (bicyclic) bond motifs is 1. The van der Waals surface area contributed by atoms with Crippen molar-refractivity contribution >= 4 is 45.1 Å². The van der Waals surface area contributed by atoms with Gasteiger partial charge in [-0.25, -0.2) is 14.6 Å². The van der Waals surface area contributed by atoms with E-state index in [1.165, 1.54) is 10.9 Å². The number of nitrogens with one attached hydrogen (secondary N) is 1. The lowest BCUT2D eigenvalue weighted by Gasteiger charge is -2.07. The Morgan fingerprint density at radius 1 is 1.14 bits per heavy atom. The SMILES string of the molecule is CCOC(=O)Cn1cc(-c2ccc(Cl)c(-c3cnnc(NCc4nc5cc(OC)ccc5s4)n3)c2)nn1. The number of esters is 1. The fourth-order valence-electron chi connectivity index (χ4n) is 3.55. The van der Waals surface area contributed by atoms with Crippen LogP contribution in [0.15, 0.2) is 48.8 Å². The molecule has 1 N–H and O–H groups in total. The monoisotopic (exact) mass is 536 g/mol. The average molecular weight is 537 g/mol. The Hall–Kier alpha value is -4.16. The summed E-state index contributed by atoms with van der Waals surface area (Å²) in [5, 5.41) is 20.9. The molecule has 188 valence electrons. The van der Waals surface area contributed by atoms with Crippen LogP contribution in [0, 0.1) is 0 Å². The van der Waals surface area contributed by atoms with Crippen molar-refractivity contribution in [3.63, 3.8) is 0 Å². The van der Waals surface area contributed by atoms with Gasteiger partial charge in [-0.1, -0.05) is 22.9 Å². The molecule has 0 fully saturated rings. The molecule has 0 aliphatic rings. The van der Waals surface area contributed by atoms with Crippen molar-refractivity contribution in [1.82, 2.24) is 35.2 Å². The van der Waals surface area contributed by atoms with Crippen LogP contribution in [0.25, 0.3) is 32.7 Å². The van der Waals surface area contributed by atoms with Crippen molar-refractivity contribution in [2.45, 2.75) is 20.0 Å². The molecule has 0 spiro atoms. The molecule has 0 aliphatic carbocycles. The highest BCUT2D eigenvalue weighted by Gasteiger charge is 2.13. The number of hydrogen-bond acceptors (Lipinski definition) is 11. The second kappa shape index (κ2) is 10.8. The van der Waals surface area contributed by atoms with Gasteiger partial charge in [0, 0.05) is 17.2 Å². The largest absolute Gasteiger partial charge is 0.497 e. The number of halogens is 1. The van der Waals surface area contributed by atoms with Crippen LogP contribution in [0.5, 0.6) is 5.75 Å². The molecule has 37 heavy (non-hydrogen) atoms. The van der Waals surface area contributed by atoms with Gasteiger partial charge >= 0.3 is 5.97 Å². The van der Waals surface area contributed by atoms with Crippen molar-refractivity contribution in [1.29, 1.82) is 0 Å².